The molecule has 0 aromatic heterocycles. The fraction of sp³-hybridized carbons (Fsp3) is 0.480. The normalized spacial score (nSPS) is 11.6. The van der Waals surface area contributed by atoms with Crippen LogP contribution in [0, 0.1) is 13.8 Å². The highest BCUT2D eigenvalue weighted by molar-refractivity contribution is 7.79. The second-order valence-electron chi connectivity index (χ2n) is 8.37. The predicted octanol–water partition coefficient (Wildman–Crippen LogP) is 2.07. The van der Waals surface area contributed by atoms with E-state index < -0.39 is 11.9 Å². The zero-order chi connectivity index (χ0) is 26.4. The molecule has 0 aliphatic heterocycles. The van der Waals surface area contributed by atoms with E-state index in [1.54, 1.807) is 14.0 Å². The zero-order valence-electron chi connectivity index (χ0n) is 20.8. The van der Waals surface area contributed by atoms with Crippen LogP contribution in [0.3, 0.4) is 0 Å². The minimum Gasteiger partial charge on any atom is -0.347 e. The Balaban J connectivity index is 2.30. The van der Waals surface area contributed by atoms with E-state index in [1.165, 1.54) is 11.0 Å². The number of nitrogens with one attached hydrogen (secondary N) is 3. The van der Waals surface area contributed by atoms with Gasteiger partial charge in [0, 0.05) is 37.5 Å². The Morgan fingerprint density at radius 2 is 1.77 bits per heavy atom. The van der Waals surface area contributed by atoms with Crippen molar-refractivity contribution in [1.29, 1.82) is 0 Å². The number of thiol groups is 1. The van der Waals surface area contributed by atoms with Crippen molar-refractivity contribution >= 4 is 48.2 Å². The summed E-state index contributed by atoms with van der Waals surface area (Å²) in [6.07, 6.45) is 5.23. The Labute approximate surface area is 212 Å². The lowest BCUT2D eigenvalue weighted by Gasteiger charge is -2.17. The first-order chi connectivity index (χ1) is 16.6. The molecule has 192 valence electrons. The van der Waals surface area contributed by atoms with Crippen molar-refractivity contribution < 1.29 is 24.0 Å². The first-order valence-electron chi connectivity index (χ1n) is 11.5. The first-order valence-corrected chi connectivity index (χ1v) is 12.2. The molecule has 0 saturated carbocycles. The van der Waals surface area contributed by atoms with E-state index in [-0.39, 0.29) is 30.7 Å². The lowest BCUT2D eigenvalue weighted by Crippen LogP contribution is -2.45. The molecule has 0 heterocycles. The van der Waals surface area contributed by atoms with Gasteiger partial charge >= 0.3 is 0 Å². The SMILES string of the molecule is Cc1cc(NC(=O)C(C)NC(=O)CNC(=O)CCCCCN(C)C(=O)/C=C\C=O)c(C)cc1CS. The minimum absolute atomic E-state index is 0.217. The molecule has 0 bridgehead atoms. The highest BCUT2D eigenvalue weighted by Gasteiger charge is 2.17. The first kappa shape index (κ1) is 29.9. The van der Waals surface area contributed by atoms with Crippen LogP contribution < -0.4 is 16.0 Å². The smallest absolute Gasteiger partial charge is 0.246 e. The zero-order valence-corrected chi connectivity index (χ0v) is 21.7. The third-order valence-corrected chi connectivity index (χ3v) is 5.76. The maximum absolute atomic E-state index is 12.5. The Bertz CT molecular complexity index is 948. The number of aryl methyl sites for hydroxylation is 2. The number of anilines is 1. The number of nitrogens with zero attached hydrogens (tertiary/aromatic N) is 1. The Morgan fingerprint density at radius 1 is 1.06 bits per heavy atom. The van der Waals surface area contributed by atoms with Gasteiger partial charge in [-0.25, -0.2) is 0 Å². The van der Waals surface area contributed by atoms with Crippen LogP contribution in [0.1, 0.15) is 49.3 Å². The summed E-state index contributed by atoms with van der Waals surface area (Å²) in [7, 11) is 1.64. The fourth-order valence-corrected chi connectivity index (χ4v) is 3.56. The van der Waals surface area contributed by atoms with Crippen molar-refractivity contribution in [2.45, 2.75) is 58.2 Å². The lowest BCUT2D eigenvalue weighted by atomic mass is 10.0. The number of benzene rings is 1. The van der Waals surface area contributed by atoms with Crippen molar-refractivity contribution in [3.05, 3.63) is 41.0 Å². The molecule has 0 aliphatic carbocycles. The van der Waals surface area contributed by atoms with Gasteiger partial charge in [0.2, 0.25) is 23.6 Å². The van der Waals surface area contributed by atoms with Crippen LogP contribution in [0.5, 0.6) is 0 Å². The Hall–Kier alpha value is -3.14. The minimum atomic E-state index is -0.773. The summed E-state index contributed by atoms with van der Waals surface area (Å²) in [4.78, 5) is 60.0. The molecular weight excluding hydrogens is 468 g/mol. The van der Waals surface area contributed by atoms with Gasteiger partial charge in [-0.1, -0.05) is 12.5 Å². The molecule has 9 nitrogen and oxygen atoms in total. The van der Waals surface area contributed by atoms with E-state index in [0.717, 1.165) is 29.2 Å². The average molecular weight is 505 g/mol. The summed E-state index contributed by atoms with van der Waals surface area (Å²) in [5, 5.41) is 7.96. The molecule has 1 unspecified atom stereocenters. The molecule has 1 rings (SSSR count). The number of rotatable bonds is 14. The number of aldehydes is 1. The fourth-order valence-electron chi connectivity index (χ4n) is 3.22. The number of carbonyl (C=O) groups excluding carboxylic acids is 5. The van der Waals surface area contributed by atoms with E-state index in [1.807, 2.05) is 26.0 Å². The average Bonchev–Trinajstić information content (AvgIpc) is 2.82. The van der Waals surface area contributed by atoms with Crippen molar-refractivity contribution in [2.24, 2.45) is 0 Å². The molecule has 1 aromatic rings. The third-order valence-electron chi connectivity index (χ3n) is 5.42. The summed E-state index contributed by atoms with van der Waals surface area (Å²) in [6.45, 7) is 5.72. The lowest BCUT2D eigenvalue weighted by molar-refractivity contribution is -0.128. The summed E-state index contributed by atoms with van der Waals surface area (Å²) >= 11 is 4.30. The van der Waals surface area contributed by atoms with Gasteiger partial charge in [-0.3, -0.25) is 24.0 Å². The van der Waals surface area contributed by atoms with Crippen molar-refractivity contribution in [1.82, 2.24) is 15.5 Å². The summed E-state index contributed by atoms with van der Waals surface area (Å²) in [5.41, 5.74) is 3.70. The van der Waals surface area contributed by atoms with Crippen LogP contribution in [-0.2, 0) is 29.7 Å². The van der Waals surface area contributed by atoms with Gasteiger partial charge in [0.05, 0.1) is 6.54 Å². The van der Waals surface area contributed by atoms with Gasteiger partial charge in [-0.05, 0) is 62.4 Å². The molecule has 0 radical (unpaired) electrons. The largest absolute Gasteiger partial charge is 0.347 e. The molecule has 1 atom stereocenters. The molecule has 0 spiro atoms. The van der Waals surface area contributed by atoms with Crippen molar-refractivity contribution in [3.8, 4) is 0 Å². The van der Waals surface area contributed by atoms with Gasteiger partial charge < -0.3 is 20.9 Å². The molecule has 35 heavy (non-hydrogen) atoms. The number of hydrogen-bond acceptors (Lipinski definition) is 6. The summed E-state index contributed by atoms with van der Waals surface area (Å²) < 4.78 is 0. The van der Waals surface area contributed by atoms with E-state index in [0.29, 0.717) is 37.1 Å². The van der Waals surface area contributed by atoms with Gasteiger partial charge in [-0.2, -0.15) is 12.6 Å². The Kier molecular flexibility index (Phi) is 13.4. The molecule has 10 heteroatoms. The number of carbonyl (C=O) groups is 5. The number of unbranched alkanes of at least 4 members (excludes halogenated alkanes) is 2. The van der Waals surface area contributed by atoms with Crippen LogP contribution in [0.2, 0.25) is 0 Å². The highest BCUT2D eigenvalue weighted by atomic mass is 32.1. The summed E-state index contributed by atoms with van der Waals surface area (Å²) in [5.74, 6) is -0.705. The van der Waals surface area contributed by atoms with E-state index in [4.69, 9.17) is 0 Å². The number of allylic oxidation sites excluding steroid dienone is 1. The topological polar surface area (TPSA) is 125 Å². The van der Waals surface area contributed by atoms with Crippen molar-refractivity contribution in [3.63, 3.8) is 0 Å². The van der Waals surface area contributed by atoms with Gasteiger partial charge in [0.1, 0.15) is 12.3 Å². The second-order valence-corrected chi connectivity index (χ2v) is 8.69. The molecule has 0 aliphatic rings. The van der Waals surface area contributed by atoms with Crippen LogP contribution in [-0.4, -0.2) is 61.0 Å². The van der Waals surface area contributed by atoms with Crippen LogP contribution >= 0.6 is 12.6 Å². The maximum Gasteiger partial charge on any atom is 0.246 e. The quantitative estimate of drug-likeness (QED) is 0.134. The maximum atomic E-state index is 12.5. The van der Waals surface area contributed by atoms with Crippen LogP contribution in [0.15, 0.2) is 24.3 Å². The molecular formula is C25H36N4O5S. The molecule has 1 aromatic carbocycles. The van der Waals surface area contributed by atoms with Gasteiger partial charge in [0.15, 0.2) is 0 Å². The van der Waals surface area contributed by atoms with Gasteiger partial charge in [-0.15, -0.1) is 0 Å². The predicted molar refractivity (Wildman–Crippen MR) is 139 cm³/mol. The molecule has 0 saturated heterocycles. The number of hydrogen-bond donors (Lipinski definition) is 4. The van der Waals surface area contributed by atoms with Crippen LogP contribution in [0.4, 0.5) is 5.69 Å². The van der Waals surface area contributed by atoms with E-state index in [2.05, 4.69) is 28.6 Å². The monoisotopic (exact) mass is 504 g/mol. The summed E-state index contributed by atoms with van der Waals surface area (Å²) in [6, 6.07) is 3.08. The number of amides is 4. The van der Waals surface area contributed by atoms with Crippen LogP contribution in [0.25, 0.3) is 0 Å². The standard InChI is InChI=1S/C25H36N4O5S/c1-17-14-21(18(2)13-20(17)16-35)28-25(34)19(3)27-23(32)15-26-22(31)9-6-5-7-11-29(4)24(33)10-8-12-30/h8,10,12-14,19,35H,5-7,9,11,15-16H2,1-4H3,(H,26,31)(H,27,32)(H,28,34)/b10-8-. The Morgan fingerprint density at radius 3 is 2.43 bits per heavy atom. The molecule has 4 amide bonds. The second kappa shape index (κ2) is 15.7. The number of likely N-dealkylation sites (N-methyl/N-ethyl adjacent to an activating group) is 1. The highest BCUT2D eigenvalue weighted by Crippen LogP contribution is 2.22. The molecule has 0 fully saturated rings. The van der Waals surface area contributed by atoms with Crippen molar-refractivity contribution in [2.75, 3.05) is 25.5 Å². The van der Waals surface area contributed by atoms with E-state index >= 15 is 0 Å². The van der Waals surface area contributed by atoms with E-state index in [9.17, 15) is 24.0 Å². The molecule has 3 N–H and O–H groups in total. The third kappa shape index (κ3) is 11.2. The van der Waals surface area contributed by atoms with Gasteiger partial charge in [0.25, 0.3) is 0 Å².